The Morgan fingerprint density at radius 1 is 1.30 bits per heavy atom. The largest absolute Gasteiger partial charge is 0.312 e. The molecule has 0 amide bonds. The van der Waals surface area contributed by atoms with Crippen LogP contribution in [0, 0.1) is 18.8 Å². The number of nitrogens with zero attached hydrogens (tertiary/aromatic N) is 1. The lowest BCUT2D eigenvalue weighted by Gasteiger charge is -2.34. The summed E-state index contributed by atoms with van der Waals surface area (Å²) in [6.45, 7) is 15.1. The Morgan fingerprint density at radius 3 is 2.65 bits per heavy atom. The van der Waals surface area contributed by atoms with Gasteiger partial charge in [0, 0.05) is 35.9 Å². The predicted octanol–water partition coefficient (Wildman–Crippen LogP) is 4.03. The molecule has 1 aliphatic rings. The van der Waals surface area contributed by atoms with E-state index in [9.17, 15) is 0 Å². The minimum absolute atomic E-state index is 0.850. The van der Waals surface area contributed by atoms with Crippen LogP contribution in [0.3, 0.4) is 0 Å². The summed E-state index contributed by atoms with van der Waals surface area (Å²) in [5.41, 5.74) is 1.55. The number of rotatable bonds is 6. The summed E-state index contributed by atoms with van der Waals surface area (Å²) >= 11 is 1.97. The second-order valence-corrected chi connectivity index (χ2v) is 7.95. The number of hydrogen-bond acceptors (Lipinski definition) is 3. The molecule has 20 heavy (non-hydrogen) atoms. The van der Waals surface area contributed by atoms with Gasteiger partial charge in [-0.15, -0.1) is 11.3 Å². The molecular weight excluding hydrogens is 264 g/mol. The number of thiophene rings is 1. The van der Waals surface area contributed by atoms with Gasteiger partial charge in [-0.1, -0.05) is 20.8 Å². The Balaban J connectivity index is 1.91. The number of hydrogen-bond donors (Lipinski definition) is 1. The summed E-state index contributed by atoms with van der Waals surface area (Å²) in [5, 5.41) is 3.51. The first kappa shape index (κ1) is 16.0. The van der Waals surface area contributed by atoms with Crippen molar-refractivity contribution in [3.05, 3.63) is 21.4 Å². The molecule has 3 heteroatoms. The van der Waals surface area contributed by atoms with E-state index in [-0.39, 0.29) is 0 Å². The fourth-order valence-electron chi connectivity index (χ4n) is 3.38. The normalized spacial score (nSPS) is 24.2. The smallest absolute Gasteiger partial charge is 0.0299 e. The third-order valence-electron chi connectivity index (χ3n) is 4.14. The van der Waals surface area contributed by atoms with E-state index in [1.807, 2.05) is 11.3 Å². The fourth-order valence-corrected chi connectivity index (χ4v) is 4.41. The molecule has 1 saturated heterocycles. The van der Waals surface area contributed by atoms with Gasteiger partial charge in [0.1, 0.15) is 0 Å². The van der Waals surface area contributed by atoms with E-state index >= 15 is 0 Å². The van der Waals surface area contributed by atoms with Crippen LogP contribution in [0.25, 0.3) is 0 Å². The molecule has 0 aliphatic carbocycles. The number of piperidine rings is 1. The molecule has 0 aromatic carbocycles. The molecular formula is C17H30N2S. The molecule has 1 aromatic rings. The quantitative estimate of drug-likeness (QED) is 0.797. The SMILES string of the molecule is CCCNCc1cc(CN2CC(C)CC(C)C2)c(C)s1. The summed E-state index contributed by atoms with van der Waals surface area (Å²) < 4.78 is 0. The van der Waals surface area contributed by atoms with E-state index < -0.39 is 0 Å². The van der Waals surface area contributed by atoms with Crippen molar-refractivity contribution >= 4 is 11.3 Å². The highest BCUT2D eigenvalue weighted by atomic mass is 32.1. The molecule has 1 N–H and O–H groups in total. The average molecular weight is 295 g/mol. The maximum atomic E-state index is 3.51. The second-order valence-electron chi connectivity index (χ2n) is 6.61. The van der Waals surface area contributed by atoms with Crippen molar-refractivity contribution in [1.29, 1.82) is 0 Å². The zero-order chi connectivity index (χ0) is 14.5. The lowest BCUT2D eigenvalue weighted by Crippen LogP contribution is -2.38. The molecule has 2 heterocycles. The highest BCUT2D eigenvalue weighted by Crippen LogP contribution is 2.26. The zero-order valence-corrected chi connectivity index (χ0v) is 14.4. The van der Waals surface area contributed by atoms with Crippen LogP contribution in [0.1, 0.15) is 48.9 Å². The molecule has 114 valence electrons. The monoisotopic (exact) mass is 294 g/mol. The van der Waals surface area contributed by atoms with Crippen molar-refractivity contribution in [3.63, 3.8) is 0 Å². The summed E-state index contributed by atoms with van der Waals surface area (Å²) in [6.07, 6.45) is 2.60. The summed E-state index contributed by atoms with van der Waals surface area (Å²) in [4.78, 5) is 5.64. The standard InChI is InChI=1S/C17H30N2S/c1-5-6-18-9-17-8-16(15(4)20-17)12-19-10-13(2)7-14(3)11-19/h8,13-14,18H,5-7,9-12H2,1-4H3. The van der Waals surface area contributed by atoms with Gasteiger partial charge in [0.15, 0.2) is 0 Å². The van der Waals surface area contributed by atoms with E-state index in [2.05, 4.69) is 44.0 Å². The van der Waals surface area contributed by atoms with Crippen molar-refractivity contribution in [2.45, 2.75) is 53.6 Å². The van der Waals surface area contributed by atoms with Gasteiger partial charge < -0.3 is 5.32 Å². The predicted molar refractivity (Wildman–Crippen MR) is 89.3 cm³/mol. The Hall–Kier alpha value is -0.380. The Labute approximate surface area is 128 Å². The van der Waals surface area contributed by atoms with Gasteiger partial charge in [-0.3, -0.25) is 4.90 Å². The third kappa shape index (κ3) is 4.57. The minimum atomic E-state index is 0.850. The fraction of sp³-hybridized carbons (Fsp3) is 0.765. The third-order valence-corrected chi connectivity index (χ3v) is 5.23. The topological polar surface area (TPSA) is 15.3 Å². The van der Waals surface area contributed by atoms with Crippen LogP contribution in [0.15, 0.2) is 6.07 Å². The highest BCUT2D eigenvalue weighted by Gasteiger charge is 2.22. The van der Waals surface area contributed by atoms with Crippen LogP contribution in [-0.4, -0.2) is 24.5 Å². The summed E-state index contributed by atoms with van der Waals surface area (Å²) in [5.74, 6) is 1.70. The molecule has 0 spiro atoms. The minimum Gasteiger partial charge on any atom is -0.312 e. The van der Waals surface area contributed by atoms with Gasteiger partial charge in [-0.2, -0.15) is 0 Å². The molecule has 2 nitrogen and oxygen atoms in total. The van der Waals surface area contributed by atoms with Crippen LogP contribution in [0.5, 0.6) is 0 Å². The lowest BCUT2D eigenvalue weighted by molar-refractivity contribution is 0.134. The van der Waals surface area contributed by atoms with Crippen LogP contribution >= 0.6 is 11.3 Å². The van der Waals surface area contributed by atoms with E-state index in [4.69, 9.17) is 0 Å². The second kappa shape index (κ2) is 7.58. The Morgan fingerprint density at radius 2 is 2.00 bits per heavy atom. The Kier molecular flexibility index (Phi) is 6.06. The van der Waals surface area contributed by atoms with Crippen molar-refractivity contribution in [1.82, 2.24) is 10.2 Å². The Bertz CT molecular complexity index is 403. The number of likely N-dealkylation sites (tertiary alicyclic amines) is 1. The molecule has 1 fully saturated rings. The average Bonchev–Trinajstić information content (AvgIpc) is 2.69. The van der Waals surface area contributed by atoms with E-state index in [0.717, 1.165) is 31.5 Å². The highest BCUT2D eigenvalue weighted by molar-refractivity contribution is 7.12. The number of nitrogens with one attached hydrogen (secondary N) is 1. The van der Waals surface area contributed by atoms with Crippen LogP contribution < -0.4 is 5.32 Å². The first-order valence-corrected chi connectivity index (χ1v) is 8.91. The van der Waals surface area contributed by atoms with Gasteiger partial charge >= 0.3 is 0 Å². The molecule has 1 aliphatic heterocycles. The molecule has 0 saturated carbocycles. The van der Waals surface area contributed by atoms with Crippen LogP contribution in [0.4, 0.5) is 0 Å². The van der Waals surface area contributed by atoms with Crippen molar-refractivity contribution in [3.8, 4) is 0 Å². The summed E-state index contributed by atoms with van der Waals surface area (Å²) in [7, 11) is 0. The molecule has 0 bridgehead atoms. The molecule has 1 aromatic heterocycles. The molecule has 2 rings (SSSR count). The molecule has 0 radical (unpaired) electrons. The van der Waals surface area contributed by atoms with E-state index in [1.165, 1.54) is 35.7 Å². The lowest BCUT2D eigenvalue weighted by atomic mass is 9.91. The maximum Gasteiger partial charge on any atom is 0.0299 e. The van der Waals surface area contributed by atoms with Crippen LogP contribution in [-0.2, 0) is 13.1 Å². The van der Waals surface area contributed by atoms with Crippen molar-refractivity contribution < 1.29 is 0 Å². The van der Waals surface area contributed by atoms with Gasteiger partial charge in [0.05, 0.1) is 0 Å². The van der Waals surface area contributed by atoms with Gasteiger partial charge in [-0.05, 0) is 49.8 Å². The summed E-state index contributed by atoms with van der Waals surface area (Å²) in [6, 6.07) is 2.42. The van der Waals surface area contributed by atoms with Gasteiger partial charge in [0.2, 0.25) is 0 Å². The zero-order valence-electron chi connectivity index (χ0n) is 13.5. The van der Waals surface area contributed by atoms with Gasteiger partial charge in [-0.25, -0.2) is 0 Å². The maximum absolute atomic E-state index is 3.51. The van der Waals surface area contributed by atoms with Gasteiger partial charge in [0.25, 0.3) is 0 Å². The number of aryl methyl sites for hydroxylation is 1. The van der Waals surface area contributed by atoms with E-state index in [1.54, 1.807) is 5.56 Å². The molecule has 2 unspecified atom stereocenters. The van der Waals surface area contributed by atoms with Crippen molar-refractivity contribution in [2.75, 3.05) is 19.6 Å². The first-order chi connectivity index (χ1) is 9.58. The first-order valence-electron chi connectivity index (χ1n) is 8.09. The van der Waals surface area contributed by atoms with E-state index in [0.29, 0.717) is 0 Å². The van der Waals surface area contributed by atoms with Crippen LogP contribution in [0.2, 0.25) is 0 Å². The van der Waals surface area contributed by atoms with Crippen molar-refractivity contribution in [2.24, 2.45) is 11.8 Å². The molecule has 2 atom stereocenters.